The number of aromatic nitrogens is 5. The van der Waals surface area contributed by atoms with Crippen molar-refractivity contribution in [3.05, 3.63) is 75.8 Å². The number of carbonyl (C=O) groups is 1. The fourth-order valence-corrected chi connectivity index (χ4v) is 2.98. The van der Waals surface area contributed by atoms with Crippen molar-refractivity contribution in [3.8, 4) is 17.3 Å². The number of rotatable bonds is 5. The molecule has 1 aromatic carbocycles. The lowest BCUT2D eigenvalue weighted by molar-refractivity contribution is 0.102. The van der Waals surface area contributed by atoms with Crippen LogP contribution in [0.4, 0.5) is 14.6 Å². The summed E-state index contributed by atoms with van der Waals surface area (Å²) in [5, 5.41) is 10.7. The van der Waals surface area contributed by atoms with Crippen LogP contribution in [0.3, 0.4) is 0 Å². The van der Waals surface area contributed by atoms with Crippen molar-refractivity contribution >= 4 is 11.7 Å². The lowest BCUT2D eigenvalue weighted by atomic mass is 10.1. The Morgan fingerprint density at radius 3 is 2.65 bits per heavy atom. The van der Waals surface area contributed by atoms with Crippen LogP contribution in [0.5, 0.6) is 0 Å². The molecule has 0 unspecified atom stereocenters. The molecule has 0 saturated heterocycles. The molecule has 0 aliphatic heterocycles. The third kappa shape index (κ3) is 3.84. The van der Waals surface area contributed by atoms with E-state index in [0.717, 1.165) is 4.68 Å². The van der Waals surface area contributed by atoms with Gasteiger partial charge < -0.3 is 9.73 Å². The molecule has 0 saturated carbocycles. The van der Waals surface area contributed by atoms with Gasteiger partial charge >= 0.3 is 5.76 Å². The fourth-order valence-electron chi connectivity index (χ4n) is 2.98. The zero-order chi connectivity index (χ0) is 22.1. The first-order chi connectivity index (χ1) is 14.9. The van der Waals surface area contributed by atoms with E-state index in [4.69, 9.17) is 4.42 Å². The molecule has 4 rings (SSSR count). The van der Waals surface area contributed by atoms with Gasteiger partial charge in [-0.2, -0.15) is 9.78 Å². The van der Waals surface area contributed by atoms with E-state index in [0.29, 0.717) is 11.3 Å². The first-order valence-corrected chi connectivity index (χ1v) is 9.09. The Morgan fingerprint density at radius 2 is 2.03 bits per heavy atom. The molecule has 3 heterocycles. The van der Waals surface area contributed by atoms with Crippen molar-refractivity contribution in [1.29, 1.82) is 0 Å². The highest BCUT2D eigenvalue weighted by Gasteiger charge is 2.18. The summed E-state index contributed by atoms with van der Waals surface area (Å²) in [6.45, 7) is 0.793. The molecular weight excluding hydrogens is 410 g/mol. The molecule has 9 nitrogen and oxygen atoms in total. The van der Waals surface area contributed by atoms with E-state index in [1.165, 1.54) is 42.2 Å². The summed E-state index contributed by atoms with van der Waals surface area (Å²) in [7, 11) is 1.42. The molecule has 11 heteroatoms. The van der Waals surface area contributed by atoms with Crippen molar-refractivity contribution in [2.45, 2.75) is 13.6 Å². The summed E-state index contributed by atoms with van der Waals surface area (Å²) < 4.78 is 34.7. The number of nitrogens with zero attached hydrogens (tertiary/aromatic N) is 5. The molecule has 31 heavy (non-hydrogen) atoms. The van der Waals surface area contributed by atoms with Gasteiger partial charge in [-0.15, -0.1) is 5.10 Å². The Hall–Kier alpha value is -4.15. The summed E-state index contributed by atoms with van der Waals surface area (Å²) in [6.07, 6.45) is 1.37. The number of hydrogen-bond donors (Lipinski definition) is 1. The van der Waals surface area contributed by atoms with Crippen LogP contribution >= 0.6 is 0 Å². The van der Waals surface area contributed by atoms with Crippen LogP contribution in [0.1, 0.15) is 21.6 Å². The van der Waals surface area contributed by atoms with Gasteiger partial charge in [0.15, 0.2) is 5.69 Å². The highest BCUT2D eigenvalue weighted by molar-refractivity contribution is 6.05. The van der Waals surface area contributed by atoms with Crippen molar-refractivity contribution in [2.75, 3.05) is 5.32 Å². The topological polar surface area (TPSA) is 108 Å². The number of halogens is 2. The van der Waals surface area contributed by atoms with Crippen molar-refractivity contribution < 1.29 is 18.0 Å². The van der Waals surface area contributed by atoms with Crippen LogP contribution in [0.25, 0.3) is 17.3 Å². The Kier molecular flexibility index (Phi) is 5.15. The molecule has 0 aliphatic carbocycles. The molecule has 4 aromatic rings. The van der Waals surface area contributed by atoms with E-state index in [1.807, 2.05) is 0 Å². The second-order valence-corrected chi connectivity index (χ2v) is 6.65. The quantitative estimate of drug-likeness (QED) is 0.526. The van der Waals surface area contributed by atoms with Gasteiger partial charge in [-0.25, -0.2) is 23.2 Å². The third-order valence-electron chi connectivity index (χ3n) is 4.51. The van der Waals surface area contributed by atoms with E-state index >= 15 is 0 Å². The van der Waals surface area contributed by atoms with E-state index in [9.17, 15) is 18.4 Å². The number of benzene rings is 1. The van der Waals surface area contributed by atoms with Gasteiger partial charge in [-0.05, 0) is 36.8 Å². The molecule has 3 aromatic heterocycles. The minimum absolute atomic E-state index is 0.0435. The number of aryl methyl sites for hydroxylation is 2. The number of pyridine rings is 1. The molecule has 0 fully saturated rings. The summed E-state index contributed by atoms with van der Waals surface area (Å²) in [4.78, 5) is 28.0. The zero-order valence-corrected chi connectivity index (χ0v) is 16.5. The standard InChI is InChI=1S/C20H16F2N6O3/c1-11-4-3-5-14(22)17(11)18(29)24-16-7-6-12(10-23-16)28-13(9-21)8-15(25-28)19-26-27(2)20(30)31-19/h3-8,10H,9H2,1-2H3,(H,23,24,29). The number of amides is 1. The van der Waals surface area contributed by atoms with E-state index in [-0.39, 0.29) is 28.7 Å². The van der Waals surface area contributed by atoms with Crippen LogP contribution in [-0.4, -0.2) is 30.5 Å². The maximum absolute atomic E-state index is 14.0. The maximum Gasteiger partial charge on any atom is 0.437 e. The van der Waals surface area contributed by atoms with Crippen LogP contribution in [0, 0.1) is 12.7 Å². The van der Waals surface area contributed by atoms with E-state index in [2.05, 4.69) is 20.5 Å². The minimum Gasteiger partial charge on any atom is -0.386 e. The number of carbonyl (C=O) groups excluding carboxylic acids is 1. The monoisotopic (exact) mass is 426 g/mol. The fraction of sp³-hybridized carbons (Fsp3) is 0.150. The Morgan fingerprint density at radius 1 is 1.23 bits per heavy atom. The normalized spacial score (nSPS) is 11.0. The van der Waals surface area contributed by atoms with Gasteiger partial charge in [0.25, 0.3) is 11.8 Å². The number of anilines is 1. The zero-order valence-electron chi connectivity index (χ0n) is 16.5. The van der Waals surface area contributed by atoms with Gasteiger partial charge in [0.2, 0.25) is 0 Å². The summed E-state index contributed by atoms with van der Waals surface area (Å²) in [6, 6.07) is 8.80. The summed E-state index contributed by atoms with van der Waals surface area (Å²) in [5.74, 6) is -1.80. The van der Waals surface area contributed by atoms with Crippen LogP contribution < -0.4 is 11.1 Å². The van der Waals surface area contributed by atoms with Gasteiger partial charge in [-0.1, -0.05) is 12.1 Å². The van der Waals surface area contributed by atoms with E-state index in [1.54, 1.807) is 19.1 Å². The summed E-state index contributed by atoms with van der Waals surface area (Å²) in [5.41, 5.74) is 1.19. The SMILES string of the molecule is Cc1cccc(F)c1C(=O)Nc1ccc(-n2nc(-c3nn(C)c(=O)o3)cc2CF)cn1. The number of nitrogens with one attached hydrogen (secondary N) is 1. The summed E-state index contributed by atoms with van der Waals surface area (Å²) >= 11 is 0. The molecule has 0 aliphatic rings. The molecular formula is C20H16F2N6O3. The van der Waals surface area contributed by atoms with Crippen LogP contribution in [-0.2, 0) is 13.7 Å². The Balaban J connectivity index is 1.59. The minimum atomic E-state index is -0.838. The number of hydrogen-bond acceptors (Lipinski definition) is 6. The third-order valence-corrected chi connectivity index (χ3v) is 4.51. The number of alkyl halides is 1. The lowest BCUT2D eigenvalue weighted by Gasteiger charge is -2.09. The molecule has 0 bridgehead atoms. The first-order valence-electron chi connectivity index (χ1n) is 9.09. The van der Waals surface area contributed by atoms with Crippen molar-refractivity contribution in [2.24, 2.45) is 7.05 Å². The molecule has 1 N–H and O–H groups in total. The first kappa shape index (κ1) is 20.1. The van der Waals surface area contributed by atoms with Crippen molar-refractivity contribution in [1.82, 2.24) is 24.5 Å². The van der Waals surface area contributed by atoms with Gasteiger partial charge in [0.05, 0.1) is 23.1 Å². The lowest BCUT2D eigenvalue weighted by Crippen LogP contribution is -2.16. The molecule has 0 atom stereocenters. The molecule has 158 valence electrons. The maximum atomic E-state index is 14.0. The molecule has 0 radical (unpaired) electrons. The van der Waals surface area contributed by atoms with Crippen molar-refractivity contribution in [3.63, 3.8) is 0 Å². The van der Waals surface area contributed by atoms with Gasteiger partial charge in [0, 0.05) is 7.05 Å². The van der Waals surface area contributed by atoms with Gasteiger partial charge in [0.1, 0.15) is 18.3 Å². The largest absolute Gasteiger partial charge is 0.437 e. The predicted octanol–water partition coefficient (Wildman–Crippen LogP) is 2.79. The highest BCUT2D eigenvalue weighted by atomic mass is 19.1. The van der Waals surface area contributed by atoms with E-state index < -0.39 is 24.2 Å². The molecule has 1 amide bonds. The van der Waals surface area contributed by atoms with Crippen LogP contribution in [0.2, 0.25) is 0 Å². The molecule has 0 spiro atoms. The predicted molar refractivity (Wildman–Crippen MR) is 106 cm³/mol. The average molecular weight is 426 g/mol. The second kappa shape index (κ2) is 7.94. The second-order valence-electron chi connectivity index (χ2n) is 6.65. The Labute approximate surface area is 174 Å². The average Bonchev–Trinajstić information content (AvgIpc) is 3.32. The highest BCUT2D eigenvalue weighted by Crippen LogP contribution is 2.21. The van der Waals surface area contributed by atoms with Crippen LogP contribution in [0.15, 0.2) is 51.8 Å². The van der Waals surface area contributed by atoms with Gasteiger partial charge in [-0.3, -0.25) is 4.79 Å². The Bertz CT molecular complexity index is 1300. The smallest absolute Gasteiger partial charge is 0.386 e.